The molecule has 0 spiro atoms. The first-order valence-electron chi connectivity index (χ1n) is 6.73. The van der Waals surface area contributed by atoms with Crippen LogP contribution in [0.25, 0.3) is 0 Å². The molecule has 0 aromatic heterocycles. The molecule has 20 heavy (non-hydrogen) atoms. The van der Waals surface area contributed by atoms with Crippen LogP contribution in [0.5, 0.6) is 0 Å². The molecule has 2 rings (SSSR count). The molecule has 1 aromatic rings. The predicted octanol–water partition coefficient (Wildman–Crippen LogP) is 1.79. The van der Waals surface area contributed by atoms with Crippen LogP contribution in [0.3, 0.4) is 0 Å². The van der Waals surface area contributed by atoms with E-state index in [1.165, 1.54) is 0 Å². The fourth-order valence-corrected chi connectivity index (χ4v) is 5.12. The number of hydrogen-bond donors (Lipinski definition) is 1. The van der Waals surface area contributed by atoms with Crippen LogP contribution in [0.15, 0.2) is 28.7 Å². The lowest BCUT2D eigenvalue weighted by Gasteiger charge is -2.43. The third-order valence-corrected chi connectivity index (χ3v) is 6.53. The zero-order valence-electron chi connectivity index (χ0n) is 11.7. The fourth-order valence-electron chi connectivity index (χ4n) is 2.82. The molecule has 0 bridgehead atoms. The lowest BCUT2D eigenvalue weighted by Crippen LogP contribution is -2.58. The Morgan fingerprint density at radius 2 is 2.00 bits per heavy atom. The van der Waals surface area contributed by atoms with Gasteiger partial charge >= 0.3 is 0 Å². The van der Waals surface area contributed by atoms with E-state index in [0.717, 1.165) is 16.5 Å². The molecule has 1 atom stereocenters. The molecule has 1 unspecified atom stereocenters. The average Bonchev–Trinajstić information content (AvgIpc) is 2.40. The second-order valence-electron chi connectivity index (χ2n) is 5.61. The Bertz CT molecular complexity index is 559. The maximum atomic E-state index is 11.9. The van der Waals surface area contributed by atoms with E-state index in [-0.39, 0.29) is 5.75 Å². The molecule has 0 radical (unpaired) electrons. The molecule has 1 saturated heterocycles. The van der Waals surface area contributed by atoms with Crippen molar-refractivity contribution in [1.29, 1.82) is 0 Å². The first-order valence-corrected chi connectivity index (χ1v) is 9.34. The van der Waals surface area contributed by atoms with Gasteiger partial charge in [0.1, 0.15) is 0 Å². The smallest absolute Gasteiger partial charge is 0.152 e. The normalized spacial score (nSPS) is 25.8. The number of halogens is 1. The van der Waals surface area contributed by atoms with Gasteiger partial charge in [0.2, 0.25) is 0 Å². The van der Waals surface area contributed by atoms with E-state index in [2.05, 4.69) is 20.8 Å². The Morgan fingerprint density at radius 1 is 1.35 bits per heavy atom. The van der Waals surface area contributed by atoms with Crippen molar-refractivity contribution in [3.8, 4) is 0 Å². The summed E-state index contributed by atoms with van der Waals surface area (Å²) in [6, 6.07) is 8.08. The lowest BCUT2D eigenvalue weighted by molar-refractivity contribution is 0.124. The van der Waals surface area contributed by atoms with Crippen LogP contribution in [-0.4, -0.2) is 44.0 Å². The molecule has 1 heterocycles. The Labute approximate surface area is 129 Å². The van der Waals surface area contributed by atoms with Gasteiger partial charge in [-0.1, -0.05) is 28.1 Å². The van der Waals surface area contributed by atoms with Gasteiger partial charge in [-0.2, -0.15) is 0 Å². The first kappa shape index (κ1) is 15.9. The summed E-state index contributed by atoms with van der Waals surface area (Å²) in [6.45, 7) is 1.08. The second kappa shape index (κ2) is 6.13. The molecule has 0 amide bonds. The zero-order valence-corrected chi connectivity index (χ0v) is 14.1. The van der Waals surface area contributed by atoms with Crippen LogP contribution in [-0.2, 0) is 16.4 Å². The Morgan fingerprint density at radius 3 is 2.55 bits per heavy atom. The van der Waals surface area contributed by atoms with Crippen molar-refractivity contribution in [3.63, 3.8) is 0 Å². The van der Waals surface area contributed by atoms with Crippen LogP contribution in [0.1, 0.15) is 18.4 Å². The standard InChI is InChI=1S/C14H21BrN2O2S/c1-17(9-12-3-5-13(15)6-4-12)14(10-16)7-2-8-20(18,19)11-14/h3-6H,2,7-11,16H2,1H3. The number of benzene rings is 1. The third kappa shape index (κ3) is 3.61. The van der Waals surface area contributed by atoms with Gasteiger partial charge < -0.3 is 5.73 Å². The van der Waals surface area contributed by atoms with E-state index < -0.39 is 15.4 Å². The van der Waals surface area contributed by atoms with Crippen molar-refractivity contribution in [2.75, 3.05) is 25.1 Å². The van der Waals surface area contributed by atoms with E-state index in [0.29, 0.717) is 25.3 Å². The molecule has 0 aliphatic carbocycles. The zero-order chi connectivity index (χ0) is 14.8. The van der Waals surface area contributed by atoms with E-state index in [9.17, 15) is 8.42 Å². The van der Waals surface area contributed by atoms with Crippen LogP contribution in [0, 0.1) is 0 Å². The predicted molar refractivity (Wildman–Crippen MR) is 85.3 cm³/mol. The molecular formula is C14H21BrN2O2S. The summed E-state index contributed by atoms with van der Waals surface area (Å²) in [6.07, 6.45) is 1.54. The van der Waals surface area contributed by atoms with Crippen molar-refractivity contribution < 1.29 is 8.42 Å². The van der Waals surface area contributed by atoms with Crippen LogP contribution in [0.4, 0.5) is 0 Å². The number of nitrogens with two attached hydrogens (primary N) is 1. The molecule has 2 N–H and O–H groups in total. The van der Waals surface area contributed by atoms with Gasteiger partial charge in [-0.25, -0.2) is 8.42 Å². The minimum absolute atomic E-state index is 0.170. The molecule has 1 aromatic carbocycles. The Hall–Kier alpha value is -0.430. The average molecular weight is 361 g/mol. The van der Waals surface area contributed by atoms with Crippen molar-refractivity contribution >= 4 is 25.8 Å². The van der Waals surface area contributed by atoms with Crippen LogP contribution < -0.4 is 5.73 Å². The van der Waals surface area contributed by atoms with Crippen molar-refractivity contribution in [1.82, 2.24) is 4.90 Å². The number of hydrogen-bond acceptors (Lipinski definition) is 4. The number of nitrogens with zero attached hydrogens (tertiary/aromatic N) is 1. The number of likely N-dealkylation sites (N-methyl/N-ethyl adjacent to an activating group) is 1. The monoisotopic (exact) mass is 360 g/mol. The summed E-state index contributed by atoms with van der Waals surface area (Å²) in [5, 5.41) is 0. The van der Waals surface area contributed by atoms with Crippen LogP contribution >= 0.6 is 15.9 Å². The third-order valence-electron chi connectivity index (χ3n) is 4.11. The molecule has 4 nitrogen and oxygen atoms in total. The summed E-state index contributed by atoms with van der Waals surface area (Å²) in [7, 11) is -1.01. The van der Waals surface area contributed by atoms with E-state index in [1.807, 2.05) is 31.3 Å². The topological polar surface area (TPSA) is 63.4 Å². The molecule has 6 heteroatoms. The summed E-state index contributed by atoms with van der Waals surface area (Å²) in [4.78, 5) is 2.10. The van der Waals surface area contributed by atoms with E-state index in [4.69, 9.17) is 5.73 Å². The minimum Gasteiger partial charge on any atom is -0.329 e. The Kier molecular flexibility index (Phi) is 4.89. The van der Waals surface area contributed by atoms with Gasteiger partial charge in [0, 0.05) is 23.1 Å². The molecule has 112 valence electrons. The summed E-state index contributed by atoms with van der Waals surface area (Å²) >= 11 is 3.41. The van der Waals surface area contributed by atoms with E-state index >= 15 is 0 Å². The van der Waals surface area contributed by atoms with Crippen molar-refractivity contribution in [2.45, 2.75) is 24.9 Å². The van der Waals surface area contributed by atoms with Crippen molar-refractivity contribution in [2.24, 2.45) is 5.73 Å². The number of rotatable bonds is 4. The molecule has 1 aliphatic rings. The second-order valence-corrected chi connectivity index (χ2v) is 8.71. The van der Waals surface area contributed by atoms with Gasteiger partial charge in [-0.15, -0.1) is 0 Å². The van der Waals surface area contributed by atoms with Gasteiger partial charge in [0.15, 0.2) is 9.84 Å². The summed E-state index contributed by atoms with van der Waals surface area (Å²) in [5.74, 6) is 0.463. The molecular weight excluding hydrogens is 340 g/mol. The Balaban J connectivity index is 2.16. The van der Waals surface area contributed by atoms with Gasteiger partial charge in [0.05, 0.1) is 11.5 Å². The van der Waals surface area contributed by atoms with Crippen molar-refractivity contribution in [3.05, 3.63) is 34.3 Å². The summed E-state index contributed by atoms with van der Waals surface area (Å²) in [5.41, 5.74) is 6.66. The minimum atomic E-state index is -2.98. The first-order chi connectivity index (χ1) is 9.37. The maximum absolute atomic E-state index is 11.9. The lowest BCUT2D eigenvalue weighted by atomic mass is 9.93. The maximum Gasteiger partial charge on any atom is 0.152 e. The highest BCUT2D eigenvalue weighted by Crippen LogP contribution is 2.28. The molecule has 1 aliphatic heterocycles. The largest absolute Gasteiger partial charge is 0.329 e. The van der Waals surface area contributed by atoms with Crippen LogP contribution in [0.2, 0.25) is 0 Å². The molecule has 1 fully saturated rings. The number of sulfone groups is 1. The van der Waals surface area contributed by atoms with Gasteiger partial charge in [-0.3, -0.25) is 4.90 Å². The quantitative estimate of drug-likeness (QED) is 0.888. The van der Waals surface area contributed by atoms with Gasteiger partial charge in [-0.05, 0) is 37.6 Å². The highest BCUT2D eigenvalue weighted by molar-refractivity contribution is 9.10. The highest BCUT2D eigenvalue weighted by Gasteiger charge is 2.40. The van der Waals surface area contributed by atoms with Gasteiger partial charge in [0.25, 0.3) is 0 Å². The SMILES string of the molecule is CN(Cc1ccc(Br)cc1)C1(CN)CCCS(=O)(=O)C1. The summed E-state index contributed by atoms with van der Waals surface area (Å²) < 4.78 is 24.9. The molecule has 0 saturated carbocycles. The fraction of sp³-hybridized carbons (Fsp3) is 0.571. The highest BCUT2D eigenvalue weighted by atomic mass is 79.9. The van der Waals surface area contributed by atoms with E-state index in [1.54, 1.807) is 0 Å².